The molecule has 3 N–H and O–H groups in total. The van der Waals surface area contributed by atoms with E-state index in [-0.39, 0.29) is 18.0 Å². The minimum Gasteiger partial charge on any atom is -0.478 e. The Morgan fingerprint density at radius 3 is 2.68 bits per heavy atom. The number of hydrogen-bond donors (Lipinski definition) is 3. The van der Waals surface area contributed by atoms with Crippen LogP contribution in [0.3, 0.4) is 0 Å². The van der Waals surface area contributed by atoms with Crippen molar-refractivity contribution in [3.63, 3.8) is 0 Å². The lowest BCUT2D eigenvalue weighted by atomic mass is 10.1. The molecule has 1 fully saturated rings. The third kappa shape index (κ3) is 2.87. The summed E-state index contributed by atoms with van der Waals surface area (Å²) in [6, 6.07) is 2.66. The summed E-state index contributed by atoms with van der Waals surface area (Å²) < 4.78 is 13.4. The predicted molar refractivity (Wildman–Crippen MR) is 63.2 cm³/mol. The van der Waals surface area contributed by atoms with Gasteiger partial charge in [0, 0.05) is 12.1 Å². The topological polar surface area (TPSA) is 95.5 Å². The normalized spacial score (nSPS) is 17.9. The van der Waals surface area contributed by atoms with E-state index >= 15 is 0 Å². The zero-order chi connectivity index (χ0) is 14.0. The summed E-state index contributed by atoms with van der Waals surface area (Å²) in [6.07, 6.45) is 0.671. The third-order valence-electron chi connectivity index (χ3n) is 2.78. The number of amides is 2. The Morgan fingerprint density at radius 1 is 1.42 bits per heavy atom. The van der Waals surface area contributed by atoms with Crippen LogP contribution in [-0.2, 0) is 9.59 Å². The van der Waals surface area contributed by atoms with Crippen LogP contribution in [0, 0.1) is 5.82 Å². The van der Waals surface area contributed by atoms with Gasteiger partial charge in [-0.2, -0.15) is 0 Å². The van der Waals surface area contributed by atoms with E-state index in [1.807, 2.05) is 0 Å². The Morgan fingerprint density at radius 2 is 2.16 bits per heavy atom. The number of anilines is 1. The first kappa shape index (κ1) is 13.0. The molecule has 2 rings (SSSR count). The molecule has 1 aliphatic rings. The number of benzene rings is 1. The van der Waals surface area contributed by atoms with E-state index in [2.05, 4.69) is 10.6 Å². The van der Waals surface area contributed by atoms with Crippen LogP contribution in [-0.4, -0.2) is 28.9 Å². The minimum atomic E-state index is -1.38. The maximum absolute atomic E-state index is 13.4. The molecule has 1 aromatic carbocycles. The smallest absolute Gasteiger partial charge is 0.338 e. The molecule has 0 spiro atoms. The van der Waals surface area contributed by atoms with Gasteiger partial charge in [-0.1, -0.05) is 0 Å². The van der Waals surface area contributed by atoms with Crippen LogP contribution in [0.2, 0.25) is 0 Å². The molecule has 1 atom stereocenters. The van der Waals surface area contributed by atoms with Crippen LogP contribution in [0.4, 0.5) is 10.1 Å². The number of aromatic carboxylic acids is 1. The second-order valence-electron chi connectivity index (χ2n) is 4.15. The fraction of sp³-hybridized carbons (Fsp3) is 0.250. The van der Waals surface area contributed by atoms with Crippen molar-refractivity contribution in [1.82, 2.24) is 5.32 Å². The summed E-state index contributed by atoms with van der Waals surface area (Å²) in [4.78, 5) is 33.3. The van der Waals surface area contributed by atoms with Crippen molar-refractivity contribution >= 4 is 23.5 Å². The van der Waals surface area contributed by atoms with E-state index in [1.54, 1.807) is 0 Å². The van der Waals surface area contributed by atoms with E-state index < -0.39 is 29.3 Å². The lowest BCUT2D eigenvalue weighted by Crippen LogP contribution is -2.37. The molecule has 100 valence electrons. The van der Waals surface area contributed by atoms with Crippen LogP contribution in [0.1, 0.15) is 23.2 Å². The van der Waals surface area contributed by atoms with E-state index in [4.69, 9.17) is 5.11 Å². The molecule has 6 nitrogen and oxygen atoms in total. The first-order valence-electron chi connectivity index (χ1n) is 5.60. The van der Waals surface area contributed by atoms with E-state index in [9.17, 15) is 18.8 Å². The number of carboxylic acids is 1. The average Bonchev–Trinajstić information content (AvgIpc) is 2.75. The van der Waals surface area contributed by atoms with Gasteiger partial charge < -0.3 is 15.7 Å². The molecule has 0 aliphatic carbocycles. The summed E-state index contributed by atoms with van der Waals surface area (Å²) in [5.74, 6) is -2.96. The van der Waals surface area contributed by atoms with Crippen molar-refractivity contribution in [3.05, 3.63) is 29.6 Å². The molecule has 0 radical (unpaired) electrons. The Bertz CT molecular complexity index is 559. The van der Waals surface area contributed by atoms with Gasteiger partial charge in [0.25, 0.3) is 0 Å². The molecule has 1 saturated heterocycles. The SMILES string of the molecule is O=C1CC[C@@H](C(=O)Nc2ccc(C(=O)O)c(F)c2)N1. The van der Waals surface area contributed by atoms with Gasteiger partial charge in [0.2, 0.25) is 11.8 Å². The molecule has 7 heteroatoms. The lowest BCUT2D eigenvalue weighted by Gasteiger charge is -2.11. The molecular weight excluding hydrogens is 255 g/mol. The lowest BCUT2D eigenvalue weighted by molar-refractivity contribution is -0.122. The molecule has 19 heavy (non-hydrogen) atoms. The summed E-state index contributed by atoms with van der Waals surface area (Å²) >= 11 is 0. The number of carbonyl (C=O) groups is 3. The summed E-state index contributed by atoms with van der Waals surface area (Å²) in [5, 5.41) is 13.6. The number of halogens is 1. The quantitative estimate of drug-likeness (QED) is 0.752. The highest BCUT2D eigenvalue weighted by molar-refractivity contribution is 5.99. The van der Waals surface area contributed by atoms with Gasteiger partial charge in [-0.15, -0.1) is 0 Å². The highest BCUT2D eigenvalue weighted by Gasteiger charge is 2.27. The summed E-state index contributed by atoms with van der Waals surface area (Å²) in [7, 11) is 0. The summed E-state index contributed by atoms with van der Waals surface area (Å²) in [5.41, 5.74) is -0.319. The predicted octanol–water partition coefficient (Wildman–Crippen LogP) is 0.741. The van der Waals surface area contributed by atoms with Crippen molar-refractivity contribution in [2.45, 2.75) is 18.9 Å². The maximum Gasteiger partial charge on any atom is 0.338 e. The molecule has 1 heterocycles. The second kappa shape index (κ2) is 5.05. The molecule has 1 aromatic rings. The number of carboxylic acid groups (broad SMARTS) is 1. The van der Waals surface area contributed by atoms with Gasteiger partial charge >= 0.3 is 5.97 Å². The Labute approximate surface area is 107 Å². The first-order valence-corrected chi connectivity index (χ1v) is 5.60. The van der Waals surface area contributed by atoms with Crippen LogP contribution in [0.5, 0.6) is 0 Å². The largest absolute Gasteiger partial charge is 0.478 e. The van der Waals surface area contributed by atoms with Crippen molar-refractivity contribution in [2.75, 3.05) is 5.32 Å². The van der Waals surface area contributed by atoms with Crippen LogP contribution < -0.4 is 10.6 Å². The molecular formula is C12H11FN2O4. The highest BCUT2D eigenvalue weighted by atomic mass is 19.1. The monoisotopic (exact) mass is 266 g/mol. The van der Waals surface area contributed by atoms with Gasteiger partial charge in [-0.25, -0.2) is 9.18 Å². The first-order chi connectivity index (χ1) is 8.97. The zero-order valence-corrected chi connectivity index (χ0v) is 9.77. The van der Waals surface area contributed by atoms with Gasteiger partial charge in [0.15, 0.2) is 0 Å². The highest BCUT2D eigenvalue weighted by Crippen LogP contribution is 2.16. The standard InChI is InChI=1S/C12H11FN2O4/c13-8-5-6(1-2-7(8)12(18)19)14-11(17)9-3-4-10(16)15-9/h1-2,5,9H,3-4H2,(H,14,17)(H,15,16)(H,18,19)/t9-/m0/s1. The fourth-order valence-electron chi connectivity index (χ4n) is 1.81. The fourth-order valence-corrected chi connectivity index (χ4v) is 1.81. The van der Waals surface area contributed by atoms with Gasteiger partial charge in [0.05, 0.1) is 5.56 Å². The maximum atomic E-state index is 13.4. The zero-order valence-electron chi connectivity index (χ0n) is 9.77. The molecule has 0 aromatic heterocycles. The van der Waals surface area contributed by atoms with Crippen LogP contribution in [0.15, 0.2) is 18.2 Å². The second-order valence-corrected chi connectivity index (χ2v) is 4.15. The van der Waals surface area contributed by atoms with Gasteiger partial charge in [-0.3, -0.25) is 9.59 Å². The van der Waals surface area contributed by atoms with Gasteiger partial charge in [0.1, 0.15) is 11.9 Å². The molecule has 0 unspecified atom stereocenters. The van der Waals surface area contributed by atoms with Crippen molar-refractivity contribution in [2.24, 2.45) is 0 Å². The Balaban J connectivity index is 2.07. The van der Waals surface area contributed by atoms with E-state index in [1.165, 1.54) is 6.07 Å². The third-order valence-corrected chi connectivity index (χ3v) is 2.78. The van der Waals surface area contributed by atoms with Crippen LogP contribution >= 0.6 is 0 Å². The van der Waals surface area contributed by atoms with Gasteiger partial charge in [-0.05, 0) is 24.6 Å². The molecule has 1 aliphatic heterocycles. The number of carbonyl (C=O) groups excluding carboxylic acids is 2. The van der Waals surface area contributed by atoms with Crippen molar-refractivity contribution in [3.8, 4) is 0 Å². The van der Waals surface area contributed by atoms with E-state index in [0.717, 1.165) is 12.1 Å². The number of rotatable bonds is 3. The number of hydrogen-bond acceptors (Lipinski definition) is 3. The minimum absolute atomic E-state index is 0.147. The van der Waals surface area contributed by atoms with E-state index in [0.29, 0.717) is 6.42 Å². The Hall–Kier alpha value is -2.44. The molecule has 2 amide bonds. The average molecular weight is 266 g/mol. The van der Waals surface area contributed by atoms with Crippen LogP contribution in [0.25, 0.3) is 0 Å². The Kier molecular flexibility index (Phi) is 3.46. The molecule has 0 bridgehead atoms. The summed E-state index contributed by atoms with van der Waals surface area (Å²) in [6.45, 7) is 0. The van der Waals surface area contributed by atoms with Crippen molar-refractivity contribution in [1.29, 1.82) is 0 Å². The van der Waals surface area contributed by atoms with Crippen molar-refractivity contribution < 1.29 is 23.9 Å². The number of nitrogens with one attached hydrogen (secondary N) is 2. The molecule has 0 saturated carbocycles.